The summed E-state index contributed by atoms with van der Waals surface area (Å²) in [6, 6.07) is 14.5. The van der Waals surface area contributed by atoms with Crippen LogP contribution in [0.3, 0.4) is 0 Å². The maximum absolute atomic E-state index is 10.1. The highest BCUT2D eigenvalue weighted by Gasteiger charge is 2.17. The van der Waals surface area contributed by atoms with Gasteiger partial charge >= 0.3 is 0 Å². The highest BCUT2D eigenvalue weighted by atomic mass is 79.9. The topological polar surface area (TPSA) is 32.3 Å². The van der Waals surface area contributed by atoms with E-state index in [4.69, 9.17) is 0 Å². The lowest BCUT2D eigenvalue weighted by atomic mass is 10.00. The van der Waals surface area contributed by atoms with E-state index >= 15 is 0 Å². The lowest BCUT2D eigenvalue weighted by Crippen LogP contribution is -2.24. The second-order valence-electron chi connectivity index (χ2n) is 5.47. The van der Waals surface area contributed by atoms with Crippen LogP contribution in [0, 0.1) is 6.92 Å². The monoisotopic (exact) mass is 347 g/mol. The molecule has 2 nitrogen and oxygen atoms in total. The number of phenols is 1. The Balaban J connectivity index is 2.20. The summed E-state index contributed by atoms with van der Waals surface area (Å²) in [4.78, 5) is 0. The first kappa shape index (κ1) is 16.1. The Morgan fingerprint density at radius 2 is 1.95 bits per heavy atom. The Kier molecular flexibility index (Phi) is 5.43. The summed E-state index contributed by atoms with van der Waals surface area (Å²) < 4.78 is 0.985. The zero-order valence-corrected chi connectivity index (χ0v) is 14.3. The third-order valence-electron chi connectivity index (χ3n) is 3.77. The highest BCUT2D eigenvalue weighted by Crippen LogP contribution is 2.31. The van der Waals surface area contributed by atoms with Crippen molar-refractivity contribution in [3.8, 4) is 5.75 Å². The fourth-order valence-electron chi connectivity index (χ4n) is 2.57. The molecule has 0 saturated heterocycles. The number of nitrogens with one attached hydrogen (secondary N) is 1. The largest absolute Gasteiger partial charge is 0.508 e. The van der Waals surface area contributed by atoms with E-state index < -0.39 is 0 Å². The lowest BCUT2D eigenvalue weighted by Gasteiger charge is -2.24. The van der Waals surface area contributed by atoms with Crippen molar-refractivity contribution in [1.29, 1.82) is 0 Å². The van der Waals surface area contributed by atoms with Gasteiger partial charge in [-0.3, -0.25) is 0 Å². The van der Waals surface area contributed by atoms with Crippen LogP contribution in [0.4, 0.5) is 0 Å². The van der Waals surface area contributed by atoms with E-state index in [2.05, 4.69) is 66.3 Å². The first-order valence-electron chi connectivity index (χ1n) is 7.32. The molecule has 0 heterocycles. The molecule has 2 N–H and O–H groups in total. The molecule has 0 aliphatic heterocycles. The van der Waals surface area contributed by atoms with Crippen molar-refractivity contribution in [2.75, 3.05) is 0 Å². The minimum atomic E-state index is 0.123. The molecular weight excluding hydrogens is 326 g/mol. The molecule has 2 atom stereocenters. The third-order valence-corrected chi connectivity index (χ3v) is 4.26. The van der Waals surface area contributed by atoms with Gasteiger partial charge in [-0.2, -0.15) is 0 Å². The van der Waals surface area contributed by atoms with Crippen LogP contribution in [0.5, 0.6) is 5.75 Å². The molecular formula is C18H22BrNO. The first-order chi connectivity index (χ1) is 10.0. The number of phenolic OH excluding ortho intramolecular Hbond substituents is 1. The maximum Gasteiger partial charge on any atom is 0.120 e. The number of benzene rings is 2. The standard InChI is InChI=1S/C18H22BrNO/c1-4-17(16-11-15(19)8-9-18(16)21)20-13(3)14-7-5-6-12(2)10-14/h5-11,13,17,20-21H,4H2,1-3H3/t13-,17?/m1/s1. The SMILES string of the molecule is CCC(N[C@H](C)c1cccc(C)c1)c1cc(Br)ccc1O. The van der Waals surface area contributed by atoms with Crippen LogP contribution in [-0.4, -0.2) is 5.11 Å². The number of aryl methyl sites for hydroxylation is 1. The molecule has 0 bridgehead atoms. The number of halogens is 1. The second kappa shape index (κ2) is 7.10. The van der Waals surface area contributed by atoms with Crippen LogP contribution in [0.25, 0.3) is 0 Å². The molecule has 2 rings (SSSR count). The van der Waals surface area contributed by atoms with Gasteiger partial charge in [0.25, 0.3) is 0 Å². The minimum absolute atomic E-state index is 0.123. The number of hydrogen-bond acceptors (Lipinski definition) is 2. The van der Waals surface area contributed by atoms with Gasteiger partial charge in [-0.05, 0) is 44.0 Å². The van der Waals surface area contributed by atoms with E-state index in [-0.39, 0.29) is 12.1 Å². The smallest absolute Gasteiger partial charge is 0.120 e. The Labute approximate surface area is 135 Å². The van der Waals surface area contributed by atoms with Crippen molar-refractivity contribution in [2.45, 2.75) is 39.3 Å². The van der Waals surface area contributed by atoms with Gasteiger partial charge < -0.3 is 10.4 Å². The fourth-order valence-corrected chi connectivity index (χ4v) is 2.95. The fraction of sp³-hybridized carbons (Fsp3) is 0.333. The van der Waals surface area contributed by atoms with E-state index in [1.807, 2.05) is 12.1 Å². The maximum atomic E-state index is 10.1. The molecule has 0 saturated carbocycles. The molecule has 21 heavy (non-hydrogen) atoms. The Bertz CT molecular complexity index is 612. The third kappa shape index (κ3) is 4.08. The van der Waals surface area contributed by atoms with Gasteiger partial charge in [0.05, 0.1) is 0 Å². The molecule has 112 valence electrons. The van der Waals surface area contributed by atoms with Gasteiger partial charge in [0, 0.05) is 22.1 Å². The van der Waals surface area contributed by atoms with Crippen LogP contribution in [-0.2, 0) is 0 Å². The molecule has 1 unspecified atom stereocenters. The van der Waals surface area contributed by atoms with Gasteiger partial charge in [-0.1, -0.05) is 52.7 Å². The van der Waals surface area contributed by atoms with E-state index in [0.717, 1.165) is 16.5 Å². The summed E-state index contributed by atoms with van der Waals surface area (Å²) in [5.41, 5.74) is 3.47. The molecule has 0 aromatic heterocycles. The number of hydrogen-bond donors (Lipinski definition) is 2. The highest BCUT2D eigenvalue weighted by molar-refractivity contribution is 9.10. The van der Waals surface area contributed by atoms with Crippen molar-refractivity contribution < 1.29 is 5.11 Å². The van der Waals surface area contributed by atoms with E-state index in [1.54, 1.807) is 6.07 Å². The van der Waals surface area contributed by atoms with Crippen LogP contribution in [0.15, 0.2) is 46.9 Å². The van der Waals surface area contributed by atoms with Gasteiger partial charge in [0.1, 0.15) is 5.75 Å². The van der Waals surface area contributed by atoms with E-state index in [0.29, 0.717) is 5.75 Å². The Morgan fingerprint density at radius 1 is 1.19 bits per heavy atom. The summed E-state index contributed by atoms with van der Waals surface area (Å²) in [6.45, 7) is 6.39. The van der Waals surface area contributed by atoms with Gasteiger partial charge in [-0.25, -0.2) is 0 Å². The summed E-state index contributed by atoms with van der Waals surface area (Å²) in [5, 5.41) is 13.7. The predicted octanol–water partition coefficient (Wildman–Crippen LogP) is 5.27. The molecule has 0 spiro atoms. The molecule has 2 aromatic rings. The first-order valence-corrected chi connectivity index (χ1v) is 8.11. The summed E-state index contributed by atoms with van der Waals surface area (Å²) in [6.07, 6.45) is 0.917. The second-order valence-corrected chi connectivity index (χ2v) is 6.38. The predicted molar refractivity (Wildman–Crippen MR) is 91.6 cm³/mol. The van der Waals surface area contributed by atoms with Crippen molar-refractivity contribution in [3.63, 3.8) is 0 Å². The van der Waals surface area contributed by atoms with Crippen LogP contribution < -0.4 is 5.32 Å². The van der Waals surface area contributed by atoms with Crippen LogP contribution in [0.1, 0.15) is 49.0 Å². The Morgan fingerprint density at radius 3 is 2.62 bits per heavy atom. The normalized spacial score (nSPS) is 13.9. The molecule has 0 aliphatic rings. The molecule has 3 heteroatoms. The minimum Gasteiger partial charge on any atom is -0.508 e. The number of aromatic hydroxyl groups is 1. The molecule has 0 aliphatic carbocycles. The lowest BCUT2D eigenvalue weighted by molar-refractivity contribution is 0.419. The van der Waals surface area contributed by atoms with E-state index in [1.165, 1.54) is 11.1 Å². The van der Waals surface area contributed by atoms with Crippen molar-refractivity contribution in [2.24, 2.45) is 0 Å². The molecule has 0 amide bonds. The zero-order chi connectivity index (χ0) is 15.4. The van der Waals surface area contributed by atoms with Gasteiger partial charge in [-0.15, -0.1) is 0 Å². The van der Waals surface area contributed by atoms with Crippen molar-refractivity contribution in [3.05, 3.63) is 63.6 Å². The Hall–Kier alpha value is -1.32. The van der Waals surface area contributed by atoms with Gasteiger partial charge in [0.2, 0.25) is 0 Å². The molecule has 0 fully saturated rings. The average Bonchev–Trinajstić information content (AvgIpc) is 2.47. The van der Waals surface area contributed by atoms with Crippen molar-refractivity contribution in [1.82, 2.24) is 5.32 Å². The van der Waals surface area contributed by atoms with Crippen LogP contribution in [0.2, 0.25) is 0 Å². The number of rotatable bonds is 5. The quantitative estimate of drug-likeness (QED) is 0.772. The summed E-state index contributed by atoms with van der Waals surface area (Å²) in [5.74, 6) is 0.342. The van der Waals surface area contributed by atoms with Crippen LogP contribution >= 0.6 is 15.9 Å². The van der Waals surface area contributed by atoms with Gasteiger partial charge in [0.15, 0.2) is 0 Å². The zero-order valence-electron chi connectivity index (χ0n) is 12.7. The summed E-state index contributed by atoms with van der Waals surface area (Å²) >= 11 is 3.48. The van der Waals surface area contributed by atoms with E-state index in [9.17, 15) is 5.11 Å². The molecule has 0 radical (unpaired) electrons. The average molecular weight is 348 g/mol. The van der Waals surface area contributed by atoms with Crippen molar-refractivity contribution >= 4 is 15.9 Å². The molecule has 2 aromatic carbocycles. The summed E-state index contributed by atoms with van der Waals surface area (Å²) in [7, 11) is 0.